The molecular formula is C20H18N4O2. The molecule has 130 valence electrons. The van der Waals surface area contributed by atoms with Crippen molar-refractivity contribution in [2.75, 3.05) is 7.11 Å². The molecule has 2 atom stereocenters. The van der Waals surface area contributed by atoms with Crippen molar-refractivity contribution < 1.29 is 9.53 Å². The Morgan fingerprint density at radius 2 is 1.58 bits per heavy atom. The summed E-state index contributed by atoms with van der Waals surface area (Å²) in [7, 11) is 1.52. The number of Topliss-reactive ketones (excluding diaryl/α,β-unsaturated/α-hetero) is 1. The standard InChI is InChI=1S/C20H18N4O2/c1-13(2)17-16(25)8-19(9-21,10-22)20(11-23,12-24)18(17)14-4-6-15(26-3)7-5-14/h4-7,13,17-18H,8H2,1-3H3/t17-,18-/m0/s1. The average Bonchev–Trinajstić information content (AvgIpc) is 2.66. The Kier molecular flexibility index (Phi) is 5.02. The smallest absolute Gasteiger partial charge is 0.183 e. The quantitative estimate of drug-likeness (QED) is 0.829. The molecule has 1 saturated carbocycles. The maximum absolute atomic E-state index is 12.8. The Labute approximate surface area is 152 Å². The Balaban J connectivity index is 2.83. The number of carbonyl (C=O) groups excluding carboxylic acids is 1. The Morgan fingerprint density at radius 1 is 1.04 bits per heavy atom. The molecule has 0 saturated heterocycles. The van der Waals surface area contributed by atoms with Crippen LogP contribution in [-0.2, 0) is 4.79 Å². The number of nitriles is 4. The molecule has 2 rings (SSSR count). The van der Waals surface area contributed by atoms with E-state index in [2.05, 4.69) is 0 Å². The van der Waals surface area contributed by atoms with Crippen LogP contribution in [0.3, 0.4) is 0 Å². The summed E-state index contributed by atoms with van der Waals surface area (Å²) in [6.45, 7) is 3.68. The van der Waals surface area contributed by atoms with Crippen LogP contribution < -0.4 is 4.74 Å². The molecule has 0 heterocycles. The van der Waals surface area contributed by atoms with E-state index >= 15 is 0 Å². The Bertz CT molecular complexity index is 847. The van der Waals surface area contributed by atoms with Gasteiger partial charge in [-0.15, -0.1) is 0 Å². The zero-order chi connectivity index (χ0) is 19.5. The van der Waals surface area contributed by atoms with Gasteiger partial charge in [-0.05, 0) is 23.6 Å². The summed E-state index contributed by atoms with van der Waals surface area (Å²) in [5.74, 6) is -1.37. The minimum atomic E-state index is -2.01. The average molecular weight is 346 g/mol. The van der Waals surface area contributed by atoms with Gasteiger partial charge in [0.2, 0.25) is 0 Å². The second kappa shape index (κ2) is 6.87. The highest BCUT2D eigenvalue weighted by molar-refractivity contribution is 5.86. The molecule has 0 aromatic heterocycles. The highest BCUT2D eigenvalue weighted by atomic mass is 16.5. The molecule has 0 radical (unpaired) electrons. The van der Waals surface area contributed by atoms with E-state index in [0.29, 0.717) is 11.3 Å². The maximum atomic E-state index is 12.8. The monoisotopic (exact) mass is 346 g/mol. The summed E-state index contributed by atoms with van der Waals surface area (Å²) >= 11 is 0. The summed E-state index contributed by atoms with van der Waals surface area (Å²) in [6.07, 6.45) is -0.420. The largest absolute Gasteiger partial charge is 0.497 e. The Morgan fingerprint density at radius 3 is 1.96 bits per heavy atom. The molecule has 1 fully saturated rings. The van der Waals surface area contributed by atoms with E-state index in [1.54, 1.807) is 24.3 Å². The molecule has 0 bridgehead atoms. The second-order valence-electron chi connectivity index (χ2n) is 6.82. The first-order chi connectivity index (χ1) is 12.4. The second-order valence-corrected chi connectivity index (χ2v) is 6.82. The number of ether oxygens (including phenoxy) is 1. The highest BCUT2D eigenvalue weighted by Gasteiger charge is 2.66. The zero-order valence-electron chi connectivity index (χ0n) is 14.9. The van der Waals surface area contributed by atoms with Gasteiger partial charge in [0, 0.05) is 18.3 Å². The third kappa shape index (κ3) is 2.48. The van der Waals surface area contributed by atoms with Gasteiger partial charge in [-0.1, -0.05) is 26.0 Å². The number of hydrogen-bond acceptors (Lipinski definition) is 6. The lowest BCUT2D eigenvalue weighted by molar-refractivity contribution is -0.132. The molecule has 0 spiro atoms. The van der Waals surface area contributed by atoms with Crippen molar-refractivity contribution in [1.82, 2.24) is 0 Å². The van der Waals surface area contributed by atoms with E-state index in [9.17, 15) is 25.8 Å². The molecule has 6 nitrogen and oxygen atoms in total. The maximum Gasteiger partial charge on any atom is 0.183 e. The van der Waals surface area contributed by atoms with Crippen molar-refractivity contribution in [2.45, 2.75) is 26.2 Å². The molecule has 1 aromatic rings. The van der Waals surface area contributed by atoms with Crippen LogP contribution in [0.25, 0.3) is 0 Å². The molecule has 1 aliphatic rings. The van der Waals surface area contributed by atoms with Crippen LogP contribution in [0, 0.1) is 68.0 Å². The van der Waals surface area contributed by atoms with Crippen LogP contribution >= 0.6 is 0 Å². The lowest BCUT2D eigenvalue weighted by Crippen LogP contribution is -2.54. The number of benzene rings is 1. The first-order valence-electron chi connectivity index (χ1n) is 8.18. The van der Waals surface area contributed by atoms with Crippen molar-refractivity contribution in [2.24, 2.45) is 22.7 Å². The molecule has 0 N–H and O–H groups in total. The van der Waals surface area contributed by atoms with Crippen molar-refractivity contribution in [3.8, 4) is 30.0 Å². The van der Waals surface area contributed by atoms with Gasteiger partial charge >= 0.3 is 0 Å². The van der Waals surface area contributed by atoms with E-state index in [1.807, 2.05) is 38.1 Å². The minimum Gasteiger partial charge on any atom is -0.497 e. The molecule has 26 heavy (non-hydrogen) atoms. The van der Waals surface area contributed by atoms with E-state index in [4.69, 9.17) is 4.74 Å². The van der Waals surface area contributed by atoms with Crippen molar-refractivity contribution in [3.05, 3.63) is 29.8 Å². The van der Waals surface area contributed by atoms with Crippen molar-refractivity contribution in [3.63, 3.8) is 0 Å². The van der Waals surface area contributed by atoms with Gasteiger partial charge < -0.3 is 4.74 Å². The number of carbonyl (C=O) groups is 1. The number of nitrogens with zero attached hydrogens (tertiary/aromatic N) is 4. The van der Waals surface area contributed by atoms with Crippen molar-refractivity contribution >= 4 is 5.78 Å². The molecule has 0 aliphatic heterocycles. The fourth-order valence-electron chi connectivity index (χ4n) is 3.90. The normalized spacial score (nSPS) is 23.2. The van der Waals surface area contributed by atoms with E-state index in [0.717, 1.165) is 0 Å². The van der Waals surface area contributed by atoms with Gasteiger partial charge in [-0.25, -0.2) is 0 Å². The fourth-order valence-corrected chi connectivity index (χ4v) is 3.90. The van der Waals surface area contributed by atoms with Crippen LogP contribution in [0.4, 0.5) is 0 Å². The summed E-state index contributed by atoms with van der Waals surface area (Å²) in [5.41, 5.74) is -3.40. The fraction of sp³-hybridized carbons (Fsp3) is 0.450. The predicted octanol–water partition coefficient (Wildman–Crippen LogP) is 3.09. The number of rotatable bonds is 3. The number of ketones is 1. The molecule has 6 heteroatoms. The first-order valence-corrected chi connectivity index (χ1v) is 8.18. The van der Waals surface area contributed by atoms with E-state index in [1.165, 1.54) is 7.11 Å². The minimum absolute atomic E-state index is 0.161. The van der Waals surface area contributed by atoms with Gasteiger partial charge in [-0.3, -0.25) is 4.79 Å². The molecule has 1 aromatic carbocycles. The lowest BCUT2D eigenvalue weighted by Gasteiger charge is -2.46. The third-order valence-corrected chi connectivity index (χ3v) is 5.24. The summed E-state index contributed by atoms with van der Waals surface area (Å²) in [4.78, 5) is 12.8. The summed E-state index contributed by atoms with van der Waals surface area (Å²) in [5, 5.41) is 39.3. The Hall–Kier alpha value is -3.35. The van der Waals surface area contributed by atoms with Gasteiger partial charge in [-0.2, -0.15) is 21.0 Å². The molecule has 1 aliphatic carbocycles. The van der Waals surface area contributed by atoms with Crippen LogP contribution in [0.1, 0.15) is 31.7 Å². The molecule has 0 unspecified atom stereocenters. The van der Waals surface area contributed by atoms with Gasteiger partial charge in [0.05, 0.1) is 31.4 Å². The van der Waals surface area contributed by atoms with Crippen LogP contribution in [0.5, 0.6) is 5.75 Å². The van der Waals surface area contributed by atoms with E-state index in [-0.39, 0.29) is 11.7 Å². The predicted molar refractivity (Wildman–Crippen MR) is 91.0 cm³/mol. The third-order valence-electron chi connectivity index (χ3n) is 5.24. The number of methoxy groups -OCH3 is 1. The summed E-state index contributed by atoms with van der Waals surface area (Å²) in [6, 6.07) is 14.3. The topological polar surface area (TPSA) is 121 Å². The molecule has 0 amide bonds. The zero-order valence-corrected chi connectivity index (χ0v) is 14.9. The highest BCUT2D eigenvalue weighted by Crippen LogP contribution is 2.59. The van der Waals surface area contributed by atoms with E-state index < -0.39 is 29.1 Å². The van der Waals surface area contributed by atoms with Crippen LogP contribution in [-0.4, -0.2) is 12.9 Å². The first kappa shape index (κ1) is 19.0. The van der Waals surface area contributed by atoms with Gasteiger partial charge in [0.25, 0.3) is 0 Å². The SMILES string of the molecule is COc1ccc([C@H]2[C@@H](C(C)C)C(=O)CC(C#N)(C#N)C2(C#N)C#N)cc1. The number of hydrogen-bond donors (Lipinski definition) is 0. The van der Waals surface area contributed by atoms with Crippen LogP contribution in [0.15, 0.2) is 24.3 Å². The van der Waals surface area contributed by atoms with Crippen molar-refractivity contribution in [1.29, 1.82) is 21.0 Å². The van der Waals surface area contributed by atoms with Gasteiger partial charge in [0.15, 0.2) is 10.8 Å². The molecular weight excluding hydrogens is 328 g/mol. The summed E-state index contributed by atoms with van der Waals surface area (Å²) < 4.78 is 5.14. The van der Waals surface area contributed by atoms with Crippen LogP contribution in [0.2, 0.25) is 0 Å². The lowest BCUT2D eigenvalue weighted by atomic mass is 9.47. The van der Waals surface area contributed by atoms with Gasteiger partial charge in [0.1, 0.15) is 11.5 Å².